The summed E-state index contributed by atoms with van der Waals surface area (Å²) in [6.07, 6.45) is 7.51. The van der Waals surface area contributed by atoms with Crippen molar-refractivity contribution in [3.63, 3.8) is 0 Å². The predicted molar refractivity (Wildman–Crippen MR) is 84.4 cm³/mol. The molecule has 0 bridgehead atoms. The highest BCUT2D eigenvalue weighted by Gasteiger charge is 2.30. The van der Waals surface area contributed by atoms with E-state index >= 15 is 0 Å². The number of sulfonamides is 1. The fourth-order valence-electron chi connectivity index (χ4n) is 2.94. The van der Waals surface area contributed by atoms with Gasteiger partial charge >= 0.3 is 0 Å². The number of hydrogen-bond donors (Lipinski definition) is 1. The van der Waals surface area contributed by atoms with Crippen molar-refractivity contribution in [2.24, 2.45) is 5.73 Å². The van der Waals surface area contributed by atoms with E-state index in [-0.39, 0.29) is 11.8 Å². The summed E-state index contributed by atoms with van der Waals surface area (Å²) in [5, 5.41) is 0. The Labute approximate surface area is 127 Å². The van der Waals surface area contributed by atoms with Crippen molar-refractivity contribution in [3.8, 4) is 0 Å². The summed E-state index contributed by atoms with van der Waals surface area (Å²) in [4.78, 5) is 4.19. The molecule has 5 nitrogen and oxygen atoms in total. The van der Waals surface area contributed by atoms with Crippen LogP contribution < -0.4 is 5.73 Å². The molecular formula is C15H25N3O2S. The first-order valence-electron chi connectivity index (χ1n) is 7.73. The Morgan fingerprint density at radius 3 is 2.62 bits per heavy atom. The summed E-state index contributed by atoms with van der Waals surface area (Å²) >= 11 is 0. The highest BCUT2D eigenvalue weighted by molar-refractivity contribution is 7.89. The molecule has 0 saturated heterocycles. The molecule has 1 aromatic rings. The average molecular weight is 311 g/mol. The van der Waals surface area contributed by atoms with Gasteiger partial charge in [-0.25, -0.2) is 8.42 Å². The number of aromatic nitrogens is 1. The van der Waals surface area contributed by atoms with Gasteiger partial charge in [0.15, 0.2) is 0 Å². The molecule has 1 aliphatic carbocycles. The number of aryl methyl sites for hydroxylation is 1. The van der Waals surface area contributed by atoms with Gasteiger partial charge in [0, 0.05) is 37.4 Å². The van der Waals surface area contributed by atoms with Gasteiger partial charge in [-0.05, 0) is 25.0 Å². The molecule has 0 aliphatic heterocycles. The SMILES string of the molecule is NCCN(C1CCCCC1)S(=O)(=O)CCc1ccccn1. The first-order valence-corrected chi connectivity index (χ1v) is 9.34. The Morgan fingerprint density at radius 2 is 2.00 bits per heavy atom. The van der Waals surface area contributed by atoms with Gasteiger partial charge in [0.05, 0.1) is 5.75 Å². The minimum Gasteiger partial charge on any atom is -0.329 e. The van der Waals surface area contributed by atoms with E-state index in [1.165, 1.54) is 6.42 Å². The van der Waals surface area contributed by atoms with E-state index < -0.39 is 10.0 Å². The molecule has 0 atom stereocenters. The Bertz CT molecular complexity index is 513. The molecule has 0 unspecified atom stereocenters. The largest absolute Gasteiger partial charge is 0.329 e. The van der Waals surface area contributed by atoms with Gasteiger partial charge in [-0.15, -0.1) is 0 Å². The molecular weight excluding hydrogens is 286 g/mol. The molecule has 2 rings (SSSR count). The first kappa shape index (κ1) is 16.4. The van der Waals surface area contributed by atoms with E-state index in [0.717, 1.165) is 31.4 Å². The van der Waals surface area contributed by atoms with Crippen molar-refractivity contribution in [1.29, 1.82) is 0 Å². The van der Waals surface area contributed by atoms with Crippen LogP contribution in [0.5, 0.6) is 0 Å². The molecule has 0 amide bonds. The molecule has 6 heteroatoms. The third-order valence-corrected chi connectivity index (χ3v) is 5.95. The second-order valence-electron chi connectivity index (χ2n) is 5.58. The van der Waals surface area contributed by atoms with Crippen molar-refractivity contribution in [2.45, 2.75) is 44.6 Å². The lowest BCUT2D eigenvalue weighted by atomic mass is 9.95. The van der Waals surface area contributed by atoms with Crippen LogP contribution >= 0.6 is 0 Å². The van der Waals surface area contributed by atoms with Crippen LogP contribution in [0.15, 0.2) is 24.4 Å². The van der Waals surface area contributed by atoms with E-state index in [1.54, 1.807) is 10.5 Å². The van der Waals surface area contributed by atoms with Gasteiger partial charge < -0.3 is 5.73 Å². The summed E-state index contributed by atoms with van der Waals surface area (Å²) in [6, 6.07) is 5.72. The summed E-state index contributed by atoms with van der Waals surface area (Å²) in [6.45, 7) is 0.800. The molecule has 1 heterocycles. The highest BCUT2D eigenvalue weighted by atomic mass is 32.2. The topological polar surface area (TPSA) is 76.3 Å². The van der Waals surface area contributed by atoms with E-state index in [4.69, 9.17) is 5.73 Å². The molecule has 1 saturated carbocycles. The average Bonchev–Trinajstić information content (AvgIpc) is 2.52. The number of nitrogens with two attached hydrogens (primary N) is 1. The third-order valence-electron chi connectivity index (χ3n) is 4.03. The Hall–Kier alpha value is -0.980. The normalized spacial score (nSPS) is 17.2. The molecule has 2 N–H and O–H groups in total. The van der Waals surface area contributed by atoms with Gasteiger partial charge in [-0.3, -0.25) is 4.98 Å². The zero-order valence-corrected chi connectivity index (χ0v) is 13.3. The highest BCUT2D eigenvalue weighted by Crippen LogP contribution is 2.24. The predicted octanol–water partition coefficient (Wildman–Crippen LogP) is 1.55. The molecule has 0 radical (unpaired) electrons. The summed E-state index contributed by atoms with van der Waals surface area (Å²) in [7, 11) is -3.27. The minimum absolute atomic E-state index is 0.112. The van der Waals surface area contributed by atoms with E-state index in [2.05, 4.69) is 4.98 Å². The molecule has 118 valence electrons. The summed E-state index contributed by atoms with van der Waals surface area (Å²) in [5.41, 5.74) is 6.44. The number of rotatable bonds is 7. The Morgan fingerprint density at radius 1 is 1.24 bits per heavy atom. The second-order valence-corrected chi connectivity index (χ2v) is 7.62. The maximum atomic E-state index is 12.6. The van der Waals surface area contributed by atoms with Crippen LogP contribution in [0.1, 0.15) is 37.8 Å². The van der Waals surface area contributed by atoms with Crippen molar-refractivity contribution >= 4 is 10.0 Å². The maximum Gasteiger partial charge on any atom is 0.214 e. The fourth-order valence-corrected chi connectivity index (χ4v) is 4.69. The smallest absolute Gasteiger partial charge is 0.214 e. The first-order chi connectivity index (χ1) is 10.1. The van der Waals surface area contributed by atoms with E-state index in [0.29, 0.717) is 19.5 Å². The van der Waals surface area contributed by atoms with Crippen molar-refractivity contribution < 1.29 is 8.42 Å². The van der Waals surface area contributed by atoms with Crippen LogP contribution in [0.3, 0.4) is 0 Å². The molecule has 1 aromatic heterocycles. The fraction of sp³-hybridized carbons (Fsp3) is 0.667. The van der Waals surface area contributed by atoms with Crippen LogP contribution in [0.4, 0.5) is 0 Å². The molecule has 0 aromatic carbocycles. The zero-order chi connectivity index (χ0) is 15.1. The third kappa shape index (κ3) is 4.76. The number of pyridine rings is 1. The van der Waals surface area contributed by atoms with Gasteiger partial charge in [0.1, 0.15) is 0 Å². The van der Waals surface area contributed by atoms with Gasteiger partial charge in [-0.2, -0.15) is 4.31 Å². The monoisotopic (exact) mass is 311 g/mol. The van der Waals surface area contributed by atoms with Gasteiger partial charge in [-0.1, -0.05) is 25.3 Å². The molecule has 1 aliphatic rings. The quantitative estimate of drug-likeness (QED) is 0.829. The van der Waals surface area contributed by atoms with Crippen LogP contribution in [0.25, 0.3) is 0 Å². The summed E-state index contributed by atoms with van der Waals surface area (Å²) in [5.74, 6) is 0.112. The lowest BCUT2D eigenvalue weighted by Crippen LogP contribution is -2.45. The number of hydrogen-bond acceptors (Lipinski definition) is 4. The standard InChI is InChI=1S/C15H25N3O2S/c16-10-12-18(15-7-2-1-3-8-15)21(19,20)13-9-14-6-4-5-11-17-14/h4-6,11,15H,1-3,7-10,12-13,16H2. The van der Waals surface area contributed by atoms with Gasteiger partial charge in [0.25, 0.3) is 0 Å². The van der Waals surface area contributed by atoms with E-state index in [1.807, 2.05) is 18.2 Å². The minimum atomic E-state index is -3.27. The Kier molecular flexibility index (Phi) is 6.14. The van der Waals surface area contributed by atoms with Gasteiger partial charge in [0.2, 0.25) is 10.0 Å². The zero-order valence-electron chi connectivity index (χ0n) is 12.4. The lowest BCUT2D eigenvalue weighted by molar-refractivity contribution is 0.257. The molecule has 21 heavy (non-hydrogen) atoms. The van der Waals surface area contributed by atoms with Crippen molar-refractivity contribution in [1.82, 2.24) is 9.29 Å². The van der Waals surface area contributed by atoms with Crippen LogP contribution in [-0.2, 0) is 16.4 Å². The Balaban J connectivity index is 2.02. The van der Waals surface area contributed by atoms with Crippen molar-refractivity contribution in [2.75, 3.05) is 18.8 Å². The lowest BCUT2D eigenvalue weighted by Gasteiger charge is -2.33. The summed E-state index contributed by atoms with van der Waals surface area (Å²) < 4.78 is 26.9. The van der Waals surface area contributed by atoms with Crippen molar-refractivity contribution in [3.05, 3.63) is 30.1 Å². The maximum absolute atomic E-state index is 12.6. The second kappa shape index (κ2) is 7.87. The molecule has 1 fully saturated rings. The number of nitrogens with zero attached hydrogens (tertiary/aromatic N) is 2. The van der Waals surface area contributed by atoms with Crippen LogP contribution in [-0.4, -0.2) is 42.6 Å². The van der Waals surface area contributed by atoms with Crippen LogP contribution in [0.2, 0.25) is 0 Å². The molecule has 0 spiro atoms. The van der Waals surface area contributed by atoms with Crippen LogP contribution in [0, 0.1) is 0 Å². The van der Waals surface area contributed by atoms with E-state index in [9.17, 15) is 8.42 Å².